The van der Waals surface area contributed by atoms with E-state index in [-0.39, 0.29) is 18.2 Å². The number of ether oxygens (including phenoxy) is 1. The van der Waals surface area contributed by atoms with Crippen LogP contribution in [0.4, 0.5) is 11.4 Å². The molecule has 1 aliphatic heterocycles. The summed E-state index contributed by atoms with van der Waals surface area (Å²) >= 11 is 5.98. The maximum Gasteiger partial charge on any atom is 0.228 e. The molecular weight excluding hydrogens is 328 g/mol. The van der Waals surface area contributed by atoms with E-state index in [4.69, 9.17) is 16.3 Å². The summed E-state index contributed by atoms with van der Waals surface area (Å²) in [6.45, 7) is 2.10. The van der Waals surface area contributed by atoms with E-state index in [9.17, 15) is 9.59 Å². The van der Waals surface area contributed by atoms with Crippen LogP contribution in [0.5, 0.6) is 5.75 Å². The van der Waals surface area contributed by atoms with Gasteiger partial charge in [0.15, 0.2) is 0 Å². The number of nitrogens with one attached hydrogen (secondary N) is 2. The summed E-state index contributed by atoms with van der Waals surface area (Å²) in [7, 11) is 0. The molecule has 0 bridgehead atoms. The highest BCUT2D eigenvalue weighted by Gasteiger charge is 2.14. The second-order valence-corrected chi connectivity index (χ2v) is 6.07. The number of hydrogen-bond acceptors (Lipinski definition) is 3. The number of carbonyl (C=O) groups excluding carboxylic acids is 2. The molecular formula is C18H17ClN2O3. The van der Waals surface area contributed by atoms with Crippen LogP contribution in [-0.2, 0) is 22.4 Å². The van der Waals surface area contributed by atoms with Crippen molar-refractivity contribution in [2.75, 3.05) is 17.2 Å². The summed E-state index contributed by atoms with van der Waals surface area (Å²) < 4.78 is 5.46. The second kappa shape index (κ2) is 6.93. The van der Waals surface area contributed by atoms with E-state index in [0.717, 1.165) is 23.3 Å². The van der Waals surface area contributed by atoms with Crippen molar-refractivity contribution < 1.29 is 14.3 Å². The maximum absolute atomic E-state index is 12.3. The van der Waals surface area contributed by atoms with Crippen molar-refractivity contribution in [1.29, 1.82) is 0 Å². The number of halogens is 1. The minimum absolute atomic E-state index is 0.178. The predicted octanol–water partition coefficient (Wildman–Crippen LogP) is 3.41. The molecule has 124 valence electrons. The summed E-state index contributed by atoms with van der Waals surface area (Å²) in [4.78, 5) is 23.6. The van der Waals surface area contributed by atoms with E-state index in [2.05, 4.69) is 10.6 Å². The van der Waals surface area contributed by atoms with E-state index in [1.165, 1.54) is 6.92 Å². The molecule has 0 aromatic heterocycles. The van der Waals surface area contributed by atoms with Gasteiger partial charge in [0, 0.05) is 18.4 Å². The van der Waals surface area contributed by atoms with Crippen LogP contribution in [0.2, 0.25) is 5.02 Å². The van der Waals surface area contributed by atoms with Gasteiger partial charge in [-0.05, 0) is 35.4 Å². The first-order valence-electron chi connectivity index (χ1n) is 7.63. The molecule has 1 heterocycles. The number of amides is 2. The molecule has 2 N–H and O–H groups in total. The van der Waals surface area contributed by atoms with Gasteiger partial charge in [-0.3, -0.25) is 9.59 Å². The number of carbonyl (C=O) groups is 2. The van der Waals surface area contributed by atoms with Gasteiger partial charge in [-0.15, -0.1) is 0 Å². The lowest BCUT2D eigenvalue weighted by Gasteiger charge is -2.12. The number of rotatable bonds is 4. The van der Waals surface area contributed by atoms with Crippen molar-refractivity contribution in [3.63, 3.8) is 0 Å². The first-order valence-corrected chi connectivity index (χ1v) is 8.00. The molecule has 0 unspecified atom stereocenters. The van der Waals surface area contributed by atoms with Gasteiger partial charge in [0.25, 0.3) is 0 Å². The Hall–Kier alpha value is -2.53. The summed E-state index contributed by atoms with van der Waals surface area (Å²) in [5.41, 5.74) is 3.04. The normalized spacial score (nSPS) is 12.2. The number of hydrogen-bond donors (Lipinski definition) is 2. The molecule has 2 amide bonds. The Morgan fingerprint density at radius 3 is 2.75 bits per heavy atom. The zero-order valence-electron chi connectivity index (χ0n) is 13.2. The molecule has 0 atom stereocenters. The lowest BCUT2D eigenvalue weighted by Crippen LogP contribution is -2.17. The minimum Gasteiger partial charge on any atom is -0.493 e. The highest BCUT2D eigenvalue weighted by molar-refractivity contribution is 6.31. The van der Waals surface area contributed by atoms with Crippen LogP contribution < -0.4 is 15.4 Å². The third-order valence-corrected chi connectivity index (χ3v) is 3.92. The molecule has 0 saturated carbocycles. The van der Waals surface area contributed by atoms with Crippen molar-refractivity contribution in [2.24, 2.45) is 0 Å². The molecule has 0 aliphatic carbocycles. The van der Waals surface area contributed by atoms with Crippen molar-refractivity contribution >= 4 is 34.8 Å². The number of fused-ring (bicyclic) bond motifs is 1. The van der Waals surface area contributed by atoms with Gasteiger partial charge in [-0.2, -0.15) is 0 Å². The highest BCUT2D eigenvalue weighted by atomic mass is 35.5. The molecule has 1 aliphatic rings. The SMILES string of the molecule is CC(=O)Nc1ccc(Cl)cc1NC(=O)Cc1ccc2c(c1)CCO2. The van der Waals surface area contributed by atoms with E-state index in [1.54, 1.807) is 18.2 Å². The maximum atomic E-state index is 12.3. The molecule has 0 saturated heterocycles. The van der Waals surface area contributed by atoms with Gasteiger partial charge >= 0.3 is 0 Å². The standard InChI is InChI=1S/C18H17ClN2O3/c1-11(22)20-15-4-3-14(19)10-16(15)21-18(23)9-12-2-5-17-13(8-12)6-7-24-17/h2-5,8,10H,6-7,9H2,1H3,(H,20,22)(H,21,23). The zero-order chi connectivity index (χ0) is 17.1. The summed E-state index contributed by atoms with van der Waals surface area (Å²) in [6, 6.07) is 10.7. The lowest BCUT2D eigenvalue weighted by atomic mass is 10.1. The van der Waals surface area contributed by atoms with Gasteiger partial charge in [0.05, 0.1) is 24.4 Å². The van der Waals surface area contributed by atoms with Gasteiger partial charge in [0.2, 0.25) is 11.8 Å². The minimum atomic E-state index is -0.216. The largest absolute Gasteiger partial charge is 0.493 e. The Balaban J connectivity index is 1.73. The molecule has 24 heavy (non-hydrogen) atoms. The molecule has 5 nitrogen and oxygen atoms in total. The van der Waals surface area contributed by atoms with E-state index in [0.29, 0.717) is 23.0 Å². The Bertz CT molecular complexity index is 805. The Kier molecular flexibility index (Phi) is 4.71. The first kappa shape index (κ1) is 16.3. The summed E-state index contributed by atoms with van der Waals surface area (Å²) in [5, 5.41) is 5.96. The molecule has 0 fully saturated rings. The Morgan fingerprint density at radius 1 is 1.12 bits per heavy atom. The fraction of sp³-hybridized carbons (Fsp3) is 0.222. The monoisotopic (exact) mass is 344 g/mol. The summed E-state index contributed by atoms with van der Waals surface area (Å²) in [5.74, 6) is 0.496. The van der Waals surface area contributed by atoms with E-state index < -0.39 is 0 Å². The average Bonchev–Trinajstić information content (AvgIpc) is 2.97. The molecule has 2 aromatic rings. The molecule has 2 aromatic carbocycles. The van der Waals surface area contributed by atoms with Crippen LogP contribution in [-0.4, -0.2) is 18.4 Å². The Labute approximate surface area is 145 Å². The van der Waals surface area contributed by atoms with Crippen LogP contribution in [0, 0.1) is 0 Å². The molecule has 0 radical (unpaired) electrons. The van der Waals surface area contributed by atoms with E-state index >= 15 is 0 Å². The van der Waals surface area contributed by atoms with Crippen molar-refractivity contribution in [1.82, 2.24) is 0 Å². The van der Waals surface area contributed by atoms with Gasteiger partial charge in [-0.1, -0.05) is 23.7 Å². The molecule has 6 heteroatoms. The van der Waals surface area contributed by atoms with E-state index in [1.807, 2.05) is 18.2 Å². The van der Waals surface area contributed by atoms with Crippen LogP contribution in [0.1, 0.15) is 18.1 Å². The first-order chi connectivity index (χ1) is 11.5. The molecule has 3 rings (SSSR count). The smallest absolute Gasteiger partial charge is 0.228 e. The van der Waals surface area contributed by atoms with Gasteiger partial charge in [-0.25, -0.2) is 0 Å². The third-order valence-electron chi connectivity index (χ3n) is 3.68. The van der Waals surface area contributed by atoms with Crippen LogP contribution in [0.25, 0.3) is 0 Å². The van der Waals surface area contributed by atoms with Crippen LogP contribution in [0.3, 0.4) is 0 Å². The fourth-order valence-electron chi connectivity index (χ4n) is 2.65. The predicted molar refractivity (Wildman–Crippen MR) is 93.7 cm³/mol. The molecule has 0 spiro atoms. The topological polar surface area (TPSA) is 67.4 Å². The van der Waals surface area contributed by atoms with Crippen molar-refractivity contribution in [3.05, 3.63) is 52.5 Å². The van der Waals surface area contributed by atoms with Crippen molar-refractivity contribution in [3.8, 4) is 5.75 Å². The number of benzene rings is 2. The second-order valence-electron chi connectivity index (χ2n) is 5.64. The van der Waals surface area contributed by atoms with Gasteiger partial charge < -0.3 is 15.4 Å². The Morgan fingerprint density at radius 2 is 1.96 bits per heavy atom. The van der Waals surface area contributed by atoms with Gasteiger partial charge in [0.1, 0.15) is 5.75 Å². The quantitative estimate of drug-likeness (QED) is 0.893. The number of anilines is 2. The fourth-order valence-corrected chi connectivity index (χ4v) is 2.82. The highest BCUT2D eigenvalue weighted by Crippen LogP contribution is 2.28. The van der Waals surface area contributed by atoms with Crippen LogP contribution in [0.15, 0.2) is 36.4 Å². The van der Waals surface area contributed by atoms with Crippen LogP contribution >= 0.6 is 11.6 Å². The lowest BCUT2D eigenvalue weighted by molar-refractivity contribution is -0.116. The third kappa shape index (κ3) is 3.86. The summed E-state index contributed by atoms with van der Waals surface area (Å²) in [6.07, 6.45) is 1.10. The zero-order valence-corrected chi connectivity index (χ0v) is 13.9. The average molecular weight is 345 g/mol. The van der Waals surface area contributed by atoms with Crippen molar-refractivity contribution in [2.45, 2.75) is 19.8 Å².